The lowest BCUT2D eigenvalue weighted by Gasteiger charge is -2.12. The molecule has 0 spiro atoms. The number of halogens is 1. The Labute approximate surface area is 121 Å². The number of ether oxygens (including phenoxy) is 1. The fourth-order valence-corrected chi connectivity index (χ4v) is 4.14. The van der Waals surface area contributed by atoms with Gasteiger partial charge in [-0.25, -0.2) is 13.1 Å². The quantitative estimate of drug-likeness (QED) is 0.842. The van der Waals surface area contributed by atoms with Crippen LogP contribution < -0.4 is 4.72 Å². The second kappa shape index (κ2) is 6.32. The molecule has 1 fully saturated rings. The highest BCUT2D eigenvalue weighted by atomic mass is 79.9. The van der Waals surface area contributed by atoms with Crippen molar-refractivity contribution in [3.8, 4) is 0 Å². The topological polar surface area (TPSA) is 75.6 Å². The first-order valence-corrected chi connectivity index (χ1v) is 8.31. The van der Waals surface area contributed by atoms with E-state index < -0.39 is 10.0 Å². The molecular weight excluding hydrogens is 334 g/mol. The Balaban J connectivity index is 2.10. The fraction of sp³-hybridized carbons (Fsp3) is 0.500. The van der Waals surface area contributed by atoms with E-state index in [4.69, 9.17) is 9.84 Å². The summed E-state index contributed by atoms with van der Waals surface area (Å²) in [5.41, 5.74) is 0.657. The predicted molar refractivity (Wildman–Crippen MR) is 74.2 cm³/mol. The summed E-state index contributed by atoms with van der Waals surface area (Å²) in [4.78, 5) is 0.169. The van der Waals surface area contributed by atoms with E-state index in [-0.39, 0.29) is 24.2 Å². The molecule has 5 nitrogen and oxygen atoms in total. The van der Waals surface area contributed by atoms with Gasteiger partial charge >= 0.3 is 0 Å². The molecule has 0 bridgehead atoms. The maximum atomic E-state index is 12.2. The van der Waals surface area contributed by atoms with Gasteiger partial charge in [0.15, 0.2) is 0 Å². The van der Waals surface area contributed by atoms with E-state index in [0.717, 1.165) is 12.8 Å². The van der Waals surface area contributed by atoms with Crippen molar-refractivity contribution >= 4 is 26.0 Å². The molecule has 1 saturated heterocycles. The lowest BCUT2D eigenvalue weighted by atomic mass is 10.2. The van der Waals surface area contributed by atoms with Gasteiger partial charge in [0.2, 0.25) is 10.0 Å². The average Bonchev–Trinajstić information content (AvgIpc) is 2.89. The van der Waals surface area contributed by atoms with Crippen molar-refractivity contribution < 1.29 is 18.3 Å². The molecular formula is C12H16BrNO4S. The largest absolute Gasteiger partial charge is 0.392 e. The van der Waals surface area contributed by atoms with Crippen LogP contribution in [-0.4, -0.2) is 32.8 Å². The summed E-state index contributed by atoms with van der Waals surface area (Å²) in [5.74, 6) is 0. The molecule has 106 valence electrons. The summed E-state index contributed by atoms with van der Waals surface area (Å²) in [7, 11) is -3.56. The molecule has 1 aromatic rings. The molecule has 1 heterocycles. The molecule has 19 heavy (non-hydrogen) atoms. The SMILES string of the molecule is O=S(=O)(NCC1CCCO1)c1ccc(CO)cc1Br. The van der Waals surface area contributed by atoms with E-state index in [0.29, 0.717) is 16.6 Å². The second-order valence-corrected chi connectivity index (χ2v) is 7.00. The zero-order valence-corrected chi connectivity index (χ0v) is 12.7. The van der Waals surface area contributed by atoms with Crippen molar-refractivity contribution in [2.75, 3.05) is 13.2 Å². The Bertz CT molecular complexity index is 541. The smallest absolute Gasteiger partial charge is 0.241 e. The van der Waals surface area contributed by atoms with E-state index in [9.17, 15) is 8.42 Å². The maximum Gasteiger partial charge on any atom is 0.241 e. The van der Waals surface area contributed by atoms with Gasteiger partial charge in [0.1, 0.15) is 0 Å². The Morgan fingerprint density at radius 1 is 1.47 bits per heavy atom. The van der Waals surface area contributed by atoms with Crippen LogP contribution in [0.3, 0.4) is 0 Å². The van der Waals surface area contributed by atoms with Crippen LogP contribution in [0.5, 0.6) is 0 Å². The molecule has 0 radical (unpaired) electrons. The number of benzene rings is 1. The van der Waals surface area contributed by atoms with Gasteiger partial charge in [-0.05, 0) is 46.5 Å². The summed E-state index contributed by atoms with van der Waals surface area (Å²) < 4.78 is 32.7. The molecule has 0 saturated carbocycles. The number of sulfonamides is 1. The average molecular weight is 350 g/mol. The van der Waals surface area contributed by atoms with Crippen LogP contribution >= 0.6 is 15.9 Å². The zero-order chi connectivity index (χ0) is 13.9. The van der Waals surface area contributed by atoms with E-state index in [1.54, 1.807) is 12.1 Å². The molecule has 2 N–H and O–H groups in total. The van der Waals surface area contributed by atoms with E-state index in [1.807, 2.05) is 0 Å². The zero-order valence-electron chi connectivity index (χ0n) is 10.3. The number of hydrogen-bond donors (Lipinski definition) is 2. The van der Waals surface area contributed by atoms with Crippen LogP contribution in [-0.2, 0) is 21.4 Å². The minimum atomic E-state index is -3.56. The summed E-state index contributed by atoms with van der Waals surface area (Å²) in [5, 5.41) is 9.00. The fourth-order valence-electron chi connectivity index (χ4n) is 1.95. The Hall–Kier alpha value is -0.470. The molecule has 0 aliphatic carbocycles. The Kier molecular flexibility index (Phi) is 4.97. The second-order valence-electron chi connectivity index (χ2n) is 4.41. The van der Waals surface area contributed by atoms with E-state index in [2.05, 4.69) is 20.7 Å². The van der Waals surface area contributed by atoms with Crippen LogP contribution in [0.1, 0.15) is 18.4 Å². The third-order valence-corrected chi connectivity index (χ3v) is 5.39. The first-order chi connectivity index (χ1) is 9.03. The summed E-state index contributed by atoms with van der Waals surface area (Å²) in [6.45, 7) is 0.861. The highest BCUT2D eigenvalue weighted by Gasteiger charge is 2.21. The van der Waals surface area contributed by atoms with Crippen LogP contribution in [0.15, 0.2) is 27.6 Å². The third kappa shape index (κ3) is 3.76. The first-order valence-electron chi connectivity index (χ1n) is 6.03. The summed E-state index contributed by atoms with van der Waals surface area (Å²) >= 11 is 3.22. The molecule has 0 amide bonds. The highest BCUT2D eigenvalue weighted by Crippen LogP contribution is 2.23. The van der Waals surface area contributed by atoms with Gasteiger partial charge in [-0.2, -0.15) is 0 Å². The van der Waals surface area contributed by atoms with Crippen molar-refractivity contribution in [2.24, 2.45) is 0 Å². The van der Waals surface area contributed by atoms with Gasteiger partial charge in [0.25, 0.3) is 0 Å². The Morgan fingerprint density at radius 3 is 2.84 bits per heavy atom. The lowest BCUT2D eigenvalue weighted by molar-refractivity contribution is 0.114. The molecule has 1 aromatic carbocycles. The molecule has 1 aliphatic heterocycles. The van der Waals surface area contributed by atoms with Gasteiger partial charge in [0.05, 0.1) is 17.6 Å². The number of aliphatic hydroxyl groups is 1. The van der Waals surface area contributed by atoms with Gasteiger partial charge in [-0.1, -0.05) is 6.07 Å². The number of aliphatic hydroxyl groups excluding tert-OH is 1. The maximum absolute atomic E-state index is 12.2. The monoisotopic (exact) mass is 349 g/mol. The minimum Gasteiger partial charge on any atom is -0.392 e. The minimum absolute atomic E-state index is 0.0368. The van der Waals surface area contributed by atoms with Gasteiger partial charge in [-0.15, -0.1) is 0 Å². The van der Waals surface area contributed by atoms with Crippen molar-refractivity contribution in [3.05, 3.63) is 28.2 Å². The molecule has 0 aromatic heterocycles. The molecule has 1 unspecified atom stereocenters. The van der Waals surface area contributed by atoms with Crippen molar-refractivity contribution in [1.82, 2.24) is 4.72 Å². The van der Waals surface area contributed by atoms with Gasteiger partial charge in [0, 0.05) is 17.6 Å². The number of nitrogens with one attached hydrogen (secondary N) is 1. The molecule has 1 atom stereocenters. The van der Waals surface area contributed by atoms with Crippen molar-refractivity contribution in [2.45, 2.75) is 30.4 Å². The number of rotatable bonds is 5. The lowest BCUT2D eigenvalue weighted by Crippen LogP contribution is -2.32. The number of hydrogen-bond acceptors (Lipinski definition) is 4. The first kappa shape index (κ1) is 14.9. The normalized spacial score (nSPS) is 19.8. The van der Waals surface area contributed by atoms with E-state index in [1.165, 1.54) is 6.07 Å². The molecule has 7 heteroatoms. The molecule has 1 aliphatic rings. The predicted octanol–water partition coefficient (Wildman–Crippen LogP) is 1.40. The highest BCUT2D eigenvalue weighted by molar-refractivity contribution is 9.10. The third-order valence-electron chi connectivity index (χ3n) is 2.99. The van der Waals surface area contributed by atoms with Crippen LogP contribution in [0.4, 0.5) is 0 Å². The van der Waals surface area contributed by atoms with Gasteiger partial charge < -0.3 is 9.84 Å². The van der Waals surface area contributed by atoms with E-state index >= 15 is 0 Å². The van der Waals surface area contributed by atoms with Crippen LogP contribution in [0.25, 0.3) is 0 Å². The summed E-state index contributed by atoms with van der Waals surface area (Å²) in [6.07, 6.45) is 1.82. The van der Waals surface area contributed by atoms with Crippen molar-refractivity contribution in [1.29, 1.82) is 0 Å². The standard InChI is InChI=1S/C12H16BrNO4S/c13-11-6-9(8-15)3-4-12(11)19(16,17)14-7-10-2-1-5-18-10/h3-4,6,10,14-15H,1-2,5,7-8H2. The van der Waals surface area contributed by atoms with Crippen LogP contribution in [0, 0.1) is 0 Å². The van der Waals surface area contributed by atoms with Crippen LogP contribution in [0.2, 0.25) is 0 Å². The van der Waals surface area contributed by atoms with Crippen molar-refractivity contribution in [3.63, 3.8) is 0 Å². The molecule has 2 rings (SSSR count). The Morgan fingerprint density at radius 2 is 2.26 bits per heavy atom. The van der Waals surface area contributed by atoms with Gasteiger partial charge in [-0.3, -0.25) is 0 Å². The summed E-state index contributed by atoms with van der Waals surface area (Å²) in [6, 6.07) is 4.67.